The molecule has 7 nitrogen and oxygen atoms in total. The van der Waals surface area contributed by atoms with E-state index in [-0.39, 0.29) is 11.9 Å². The van der Waals surface area contributed by atoms with Crippen molar-refractivity contribution in [1.29, 1.82) is 0 Å². The molecule has 1 amide bonds. The number of hydrogen-bond acceptors (Lipinski definition) is 4. The Balaban J connectivity index is 0.000000370. The Labute approximate surface area is 165 Å². The van der Waals surface area contributed by atoms with Crippen LogP contribution < -0.4 is 4.73 Å². The summed E-state index contributed by atoms with van der Waals surface area (Å²) in [6.45, 7) is 2.34. The van der Waals surface area contributed by atoms with Crippen molar-refractivity contribution in [2.24, 2.45) is 0 Å². The summed E-state index contributed by atoms with van der Waals surface area (Å²) in [5.41, 5.74) is 1.69. The Kier molecular flexibility index (Phi) is 7.16. The van der Waals surface area contributed by atoms with Crippen molar-refractivity contribution < 1.29 is 32.6 Å². The van der Waals surface area contributed by atoms with Gasteiger partial charge >= 0.3 is 12.1 Å². The molecule has 1 aromatic carbocycles. The van der Waals surface area contributed by atoms with E-state index in [4.69, 9.17) is 9.90 Å². The van der Waals surface area contributed by atoms with Gasteiger partial charge in [-0.15, -0.1) is 0 Å². The van der Waals surface area contributed by atoms with Gasteiger partial charge in [-0.1, -0.05) is 30.3 Å². The molecule has 1 aromatic heterocycles. The topological polar surface area (TPSA) is 87.8 Å². The van der Waals surface area contributed by atoms with Crippen molar-refractivity contribution in [3.05, 3.63) is 71.2 Å². The Hall–Kier alpha value is -3.14. The second-order valence-electron chi connectivity index (χ2n) is 6.44. The molecular weight excluding hydrogens is 391 g/mol. The molecule has 1 aliphatic heterocycles. The maximum absolute atomic E-state index is 12.8. The standard InChI is InChI=1S/C17H19N3O2.C2HF3O2/c1-18-11-12-20(16(13-18)14-5-3-2-4-6-14)17(21)15-7-9-19(22)10-8-15;3-2(4,5)1(6)7/h2-10,16H,11-13H2,1H3;(H,6,7)/t16-;/m1./s1. The first-order valence-electron chi connectivity index (χ1n) is 8.63. The number of likely N-dealkylation sites (N-methyl/N-ethyl adjacent to an activating group) is 1. The zero-order valence-electron chi connectivity index (χ0n) is 15.5. The van der Waals surface area contributed by atoms with E-state index in [0.717, 1.165) is 18.7 Å². The largest absolute Gasteiger partial charge is 0.619 e. The molecule has 0 saturated carbocycles. The van der Waals surface area contributed by atoms with Crippen LogP contribution in [-0.2, 0) is 4.79 Å². The number of pyridine rings is 1. The molecule has 2 heterocycles. The molecule has 0 bridgehead atoms. The van der Waals surface area contributed by atoms with E-state index in [9.17, 15) is 23.2 Å². The van der Waals surface area contributed by atoms with Crippen molar-refractivity contribution in [2.45, 2.75) is 12.2 Å². The highest BCUT2D eigenvalue weighted by atomic mass is 19.4. The lowest BCUT2D eigenvalue weighted by Gasteiger charge is -2.40. The Bertz CT molecular complexity index is 829. The van der Waals surface area contributed by atoms with Crippen LogP contribution in [0.5, 0.6) is 0 Å². The van der Waals surface area contributed by atoms with Gasteiger partial charge in [-0.05, 0) is 12.6 Å². The zero-order valence-corrected chi connectivity index (χ0v) is 15.5. The van der Waals surface area contributed by atoms with E-state index < -0.39 is 12.1 Å². The SMILES string of the molecule is CN1CCN(C(=O)c2cc[n+]([O-])cc2)[C@@H](c2ccccc2)C1.O=C(O)C(F)(F)F. The molecule has 1 aliphatic rings. The molecule has 1 fully saturated rings. The summed E-state index contributed by atoms with van der Waals surface area (Å²) >= 11 is 0. The van der Waals surface area contributed by atoms with Crippen LogP contribution in [-0.4, -0.2) is 59.6 Å². The van der Waals surface area contributed by atoms with Gasteiger partial charge in [0.2, 0.25) is 0 Å². The fraction of sp³-hybridized carbons (Fsp3) is 0.316. The van der Waals surface area contributed by atoms with Crippen LogP contribution in [0.4, 0.5) is 13.2 Å². The molecular formula is C19H20F3N3O4. The number of carboxylic acids is 1. The van der Waals surface area contributed by atoms with Gasteiger partial charge in [-0.2, -0.15) is 17.9 Å². The van der Waals surface area contributed by atoms with Crippen molar-refractivity contribution in [1.82, 2.24) is 9.80 Å². The number of nitrogens with zero attached hydrogens (tertiary/aromatic N) is 3. The number of hydrogen-bond donors (Lipinski definition) is 1. The number of amides is 1. The third-order valence-electron chi connectivity index (χ3n) is 4.32. The second-order valence-corrected chi connectivity index (χ2v) is 6.44. The van der Waals surface area contributed by atoms with E-state index in [1.165, 1.54) is 12.4 Å². The highest BCUT2D eigenvalue weighted by molar-refractivity contribution is 5.94. The Morgan fingerprint density at radius 3 is 2.17 bits per heavy atom. The van der Waals surface area contributed by atoms with Crippen LogP contribution in [0.15, 0.2) is 54.9 Å². The van der Waals surface area contributed by atoms with Crippen LogP contribution in [0, 0.1) is 5.21 Å². The maximum atomic E-state index is 12.8. The Morgan fingerprint density at radius 2 is 1.66 bits per heavy atom. The summed E-state index contributed by atoms with van der Waals surface area (Å²) in [5.74, 6) is -2.78. The number of alkyl halides is 3. The van der Waals surface area contributed by atoms with Gasteiger partial charge in [-0.25, -0.2) is 4.79 Å². The molecule has 1 saturated heterocycles. The summed E-state index contributed by atoms with van der Waals surface area (Å²) in [6, 6.07) is 13.3. The molecule has 0 unspecified atom stereocenters. The van der Waals surface area contributed by atoms with Crippen LogP contribution in [0.3, 0.4) is 0 Å². The number of carboxylic acid groups (broad SMARTS) is 1. The average molecular weight is 411 g/mol. The quantitative estimate of drug-likeness (QED) is 0.604. The second kappa shape index (κ2) is 9.37. The Morgan fingerprint density at radius 1 is 1.10 bits per heavy atom. The van der Waals surface area contributed by atoms with E-state index in [0.29, 0.717) is 16.8 Å². The molecule has 0 spiro atoms. The first-order chi connectivity index (χ1) is 13.6. The molecule has 2 aromatic rings. The lowest BCUT2D eigenvalue weighted by molar-refractivity contribution is -0.605. The fourth-order valence-corrected chi connectivity index (χ4v) is 2.84. The lowest BCUT2D eigenvalue weighted by Crippen LogP contribution is -2.49. The molecule has 156 valence electrons. The van der Waals surface area contributed by atoms with E-state index in [2.05, 4.69) is 24.1 Å². The molecule has 3 rings (SSSR count). The van der Waals surface area contributed by atoms with Gasteiger partial charge in [0.05, 0.1) is 11.6 Å². The lowest BCUT2D eigenvalue weighted by atomic mass is 10.0. The highest BCUT2D eigenvalue weighted by Gasteiger charge is 2.38. The molecule has 10 heteroatoms. The van der Waals surface area contributed by atoms with Gasteiger partial charge in [0.25, 0.3) is 5.91 Å². The summed E-state index contributed by atoms with van der Waals surface area (Å²) in [7, 11) is 2.07. The van der Waals surface area contributed by atoms with Gasteiger partial charge < -0.3 is 20.1 Å². The number of halogens is 3. The first kappa shape index (κ1) is 22.2. The molecule has 1 N–H and O–H groups in total. The van der Waals surface area contributed by atoms with Crippen molar-refractivity contribution in [3.8, 4) is 0 Å². The van der Waals surface area contributed by atoms with Crippen LogP contribution in [0.1, 0.15) is 22.0 Å². The third-order valence-corrected chi connectivity index (χ3v) is 4.32. The predicted molar refractivity (Wildman–Crippen MR) is 96.8 cm³/mol. The van der Waals surface area contributed by atoms with Gasteiger partial charge in [0, 0.05) is 31.8 Å². The highest BCUT2D eigenvalue weighted by Crippen LogP contribution is 2.26. The summed E-state index contributed by atoms with van der Waals surface area (Å²) in [5, 5.41) is 18.3. The zero-order chi connectivity index (χ0) is 21.6. The van der Waals surface area contributed by atoms with E-state index >= 15 is 0 Å². The minimum Gasteiger partial charge on any atom is -0.619 e. The fourth-order valence-electron chi connectivity index (χ4n) is 2.84. The van der Waals surface area contributed by atoms with Gasteiger partial charge in [-0.3, -0.25) is 4.79 Å². The number of carbonyl (C=O) groups is 2. The number of aromatic nitrogens is 1. The minimum absolute atomic E-state index is 0.0254. The summed E-state index contributed by atoms with van der Waals surface area (Å²) < 4.78 is 32.4. The van der Waals surface area contributed by atoms with Crippen LogP contribution in [0.25, 0.3) is 0 Å². The monoisotopic (exact) mass is 411 g/mol. The normalized spacial score (nSPS) is 17.2. The summed E-state index contributed by atoms with van der Waals surface area (Å²) in [4.78, 5) is 25.8. The van der Waals surface area contributed by atoms with Gasteiger partial charge in [0.15, 0.2) is 12.4 Å². The summed E-state index contributed by atoms with van der Waals surface area (Å²) in [6.07, 6.45) is -2.36. The van der Waals surface area contributed by atoms with E-state index in [1.54, 1.807) is 12.1 Å². The smallest absolute Gasteiger partial charge is 0.490 e. The van der Waals surface area contributed by atoms with Crippen molar-refractivity contribution >= 4 is 11.9 Å². The van der Waals surface area contributed by atoms with Gasteiger partial charge in [0.1, 0.15) is 0 Å². The number of benzene rings is 1. The maximum Gasteiger partial charge on any atom is 0.490 e. The first-order valence-corrected chi connectivity index (χ1v) is 8.63. The number of aliphatic carboxylic acids is 1. The molecule has 0 radical (unpaired) electrons. The minimum atomic E-state index is -5.08. The van der Waals surface area contributed by atoms with Crippen molar-refractivity contribution in [2.75, 3.05) is 26.7 Å². The third kappa shape index (κ3) is 6.18. The molecule has 29 heavy (non-hydrogen) atoms. The number of piperazine rings is 1. The van der Waals surface area contributed by atoms with Crippen LogP contribution in [0.2, 0.25) is 0 Å². The number of rotatable bonds is 2. The van der Waals surface area contributed by atoms with E-state index in [1.807, 2.05) is 23.1 Å². The van der Waals surface area contributed by atoms with Crippen LogP contribution >= 0.6 is 0 Å². The van der Waals surface area contributed by atoms with Crippen molar-refractivity contribution in [3.63, 3.8) is 0 Å². The molecule has 0 aliphatic carbocycles. The predicted octanol–water partition coefficient (Wildman–Crippen LogP) is 2.08. The average Bonchev–Trinajstić information content (AvgIpc) is 2.68. The molecule has 1 atom stereocenters. The number of carbonyl (C=O) groups excluding carboxylic acids is 1.